The molecular weight excluding hydrogens is 324 g/mol. The molecule has 0 spiro atoms. The lowest BCUT2D eigenvalue weighted by molar-refractivity contribution is 0.0185. The molecular formula is C18H24N2O5. The predicted octanol–water partition coefficient (Wildman–Crippen LogP) is 2.51. The Bertz CT molecular complexity index is 666. The number of aromatic carboxylic acids is 1. The van der Waals surface area contributed by atoms with Crippen LogP contribution in [0.4, 0.5) is 4.79 Å². The summed E-state index contributed by atoms with van der Waals surface area (Å²) in [5, 5.41) is 12.0. The van der Waals surface area contributed by atoms with E-state index >= 15 is 0 Å². The van der Waals surface area contributed by atoms with Gasteiger partial charge in [-0.2, -0.15) is 0 Å². The van der Waals surface area contributed by atoms with Crippen molar-refractivity contribution in [1.82, 2.24) is 10.2 Å². The van der Waals surface area contributed by atoms with Gasteiger partial charge < -0.3 is 20.1 Å². The Labute approximate surface area is 147 Å². The van der Waals surface area contributed by atoms with Crippen LogP contribution in [0, 0.1) is 0 Å². The van der Waals surface area contributed by atoms with Crippen molar-refractivity contribution in [2.75, 3.05) is 13.1 Å². The molecule has 2 N–H and O–H groups in total. The highest BCUT2D eigenvalue weighted by Gasteiger charge is 2.29. The van der Waals surface area contributed by atoms with E-state index in [1.54, 1.807) is 37.8 Å². The third-order valence-corrected chi connectivity index (χ3v) is 3.81. The molecule has 0 radical (unpaired) electrons. The number of rotatable bonds is 3. The second kappa shape index (κ2) is 7.55. The fourth-order valence-corrected chi connectivity index (χ4v) is 2.72. The van der Waals surface area contributed by atoms with Crippen LogP contribution in [0.5, 0.6) is 0 Å². The van der Waals surface area contributed by atoms with Crippen molar-refractivity contribution in [3.63, 3.8) is 0 Å². The van der Waals surface area contributed by atoms with Crippen LogP contribution in [0.1, 0.15) is 54.3 Å². The number of likely N-dealkylation sites (tertiary alicyclic amines) is 1. The van der Waals surface area contributed by atoms with Crippen LogP contribution >= 0.6 is 0 Å². The van der Waals surface area contributed by atoms with Gasteiger partial charge in [0.1, 0.15) is 5.60 Å². The largest absolute Gasteiger partial charge is 0.478 e. The Kier molecular flexibility index (Phi) is 5.66. The number of ether oxygens (including phenoxy) is 1. The molecule has 1 aliphatic rings. The normalized spacial score (nSPS) is 17.7. The third-order valence-electron chi connectivity index (χ3n) is 3.81. The molecule has 2 rings (SSSR count). The topological polar surface area (TPSA) is 95.9 Å². The minimum Gasteiger partial charge on any atom is -0.478 e. The second-order valence-electron chi connectivity index (χ2n) is 7.09. The number of carboxylic acids is 1. The van der Waals surface area contributed by atoms with E-state index in [9.17, 15) is 19.5 Å². The van der Waals surface area contributed by atoms with E-state index in [-0.39, 0.29) is 17.2 Å². The first kappa shape index (κ1) is 18.8. The van der Waals surface area contributed by atoms with Gasteiger partial charge in [0.2, 0.25) is 0 Å². The zero-order valence-electron chi connectivity index (χ0n) is 14.7. The molecule has 7 nitrogen and oxygen atoms in total. The molecule has 0 unspecified atom stereocenters. The highest BCUT2D eigenvalue weighted by atomic mass is 16.6. The van der Waals surface area contributed by atoms with Gasteiger partial charge in [0.25, 0.3) is 5.91 Å². The van der Waals surface area contributed by atoms with Crippen molar-refractivity contribution < 1.29 is 24.2 Å². The summed E-state index contributed by atoms with van der Waals surface area (Å²) in [5.41, 5.74) is -0.502. The summed E-state index contributed by atoms with van der Waals surface area (Å²) >= 11 is 0. The molecule has 2 amide bonds. The van der Waals surface area contributed by atoms with Gasteiger partial charge >= 0.3 is 12.1 Å². The van der Waals surface area contributed by atoms with E-state index in [4.69, 9.17) is 4.74 Å². The monoisotopic (exact) mass is 348 g/mol. The van der Waals surface area contributed by atoms with Crippen molar-refractivity contribution >= 4 is 18.0 Å². The lowest BCUT2D eigenvalue weighted by atomic mass is 10.0. The van der Waals surface area contributed by atoms with Crippen molar-refractivity contribution in [3.05, 3.63) is 35.4 Å². The highest BCUT2D eigenvalue weighted by Crippen LogP contribution is 2.16. The average Bonchev–Trinajstić information content (AvgIpc) is 2.53. The first-order valence-corrected chi connectivity index (χ1v) is 8.28. The summed E-state index contributed by atoms with van der Waals surface area (Å²) in [5.74, 6) is -1.60. The number of piperidine rings is 1. The predicted molar refractivity (Wildman–Crippen MR) is 91.7 cm³/mol. The van der Waals surface area contributed by atoms with Crippen LogP contribution in [0.25, 0.3) is 0 Å². The molecule has 1 heterocycles. The molecule has 1 fully saturated rings. The number of nitrogens with one attached hydrogen (secondary N) is 1. The number of hydrogen-bond acceptors (Lipinski definition) is 4. The summed E-state index contributed by atoms with van der Waals surface area (Å²) in [7, 11) is 0. The molecule has 1 aromatic carbocycles. The fourth-order valence-electron chi connectivity index (χ4n) is 2.72. The molecule has 136 valence electrons. The van der Waals surface area contributed by atoms with Crippen molar-refractivity contribution in [2.45, 2.75) is 45.3 Å². The molecule has 1 aliphatic heterocycles. The molecule has 7 heteroatoms. The summed E-state index contributed by atoms with van der Waals surface area (Å²) in [6, 6.07) is 5.83. The standard InChI is InChI=1S/C18H24N2O5/c1-18(2,3)25-17(24)20-10-6-7-12(11-20)19-15(21)13-8-4-5-9-14(13)16(22)23/h4-5,8-9,12H,6-7,10-11H2,1-3H3,(H,19,21)(H,22,23)/t12-/m1/s1. The van der Waals surface area contributed by atoms with E-state index in [0.29, 0.717) is 13.1 Å². The van der Waals surface area contributed by atoms with Gasteiger partial charge in [0.05, 0.1) is 11.1 Å². The lowest BCUT2D eigenvalue weighted by Crippen LogP contribution is -2.50. The van der Waals surface area contributed by atoms with E-state index in [2.05, 4.69) is 5.32 Å². The van der Waals surface area contributed by atoms with Gasteiger partial charge in [-0.1, -0.05) is 12.1 Å². The van der Waals surface area contributed by atoms with E-state index in [1.807, 2.05) is 0 Å². The van der Waals surface area contributed by atoms with Crippen molar-refractivity contribution in [2.24, 2.45) is 0 Å². The van der Waals surface area contributed by atoms with Crippen LogP contribution in [0.15, 0.2) is 24.3 Å². The number of hydrogen-bond donors (Lipinski definition) is 2. The first-order chi connectivity index (χ1) is 11.7. The second-order valence-corrected chi connectivity index (χ2v) is 7.09. The molecule has 0 bridgehead atoms. The van der Waals surface area contributed by atoms with Gasteiger partial charge in [0, 0.05) is 19.1 Å². The number of carbonyl (C=O) groups is 3. The van der Waals surface area contributed by atoms with Crippen molar-refractivity contribution in [3.8, 4) is 0 Å². The number of benzene rings is 1. The lowest BCUT2D eigenvalue weighted by Gasteiger charge is -2.34. The fraction of sp³-hybridized carbons (Fsp3) is 0.500. The smallest absolute Gasteiger partial charge is 0.410 e. The minimum absolute atomic E-state index is 0.0418. The Hall–Kier alpha value is -2.57. The summed E-state index contributed by atoms with van der Waals surface area (Å²) in [6.45, 7) is 6.33. The number of amides is 2. The van der Waals surface area contributed by atoms with Crippen LogP contribution in [0.3, 0.4) is 0 Å². The zero-order chi connectivity index (χ0) is 18.6. The molecule has 0 aromatic heterocycles. The first-order valence-electron chi connectivity index (χ1n) is 8.28. The molecule has 1 aromatic rings. The summed E-state index contributed by atoms with van der Waals surface area (Å²) < 4.78 is 5.36. The van der Waals surface area contributed by atoms with Crippen LogP contribution in [-0.2, 0) is 4.74 Å². The van der Waals surface area contributed by atoms with E-state index in [1.165, 1.54) is 12.1 Å². The molecule has 1 atom stereocenters. The molecule has 25 heavy (non-hydrogen) atoms. The van der Waals surface area contributed by atoms with E-state index in [0.717, 1.165) is 12.8 Å². The highest BCUT2D eigenvalue weighted by molar-refractivity contribution is 6.04. The van der Waals surface area contributed by atoms with Gasteiger partial charge in [-0.15, -0.1) is 0 Å². The van der Waals surface area contributed by atoms with Crippen LogP contribution in [0.2, 0.25) is 0 Å². The number of carboxylic acid groups (broad SMARTS) is 1. The molecule has 1 saturated heterocycles. The summed E-state index contributed by atoms with van der Waals surface area (Å²) in [6.07, 6.45) is 1.06. The van der Waals surface area contributed by atoms with Gasteiger partial charge in [-0.05, 0) is 45.7 Å². The molecule has 0 aliphatic carbocycles. The Morgan fingerprint density at radius 2 is 1.84 bits per heavy atom. The van der Waals surface area contributed by atoms with Crippen LogP contribution in [-0.4, -0.2) is 52.7 Å². The van der Waals surface area contributed by atoms with Crippen molar-refractivity contribution in [1.29, 1.82) is 0 Å². The van der Waals surface area contributed by atoms with Gasteiger partial charge in [-0.25, -0.2) is 9.59 Å². The van der Waals surface area contributed by atoms with Gasteiger partial charge in [-0.3, -0.25) is 4.79 Å². The molecule has 0 saturated carbocycles. The average molecular weight is 348 g/mol. The quantitative estimate of drug-likeness (QED) is 0.875. The number of carbonyl (C=O) groups excluding carboxylic acids is 2. The maximum atomic E-state index is 12.4. The Morgan fingerprint density at radius 1 is 1.20 bits per heavy atom. The zero-order valence-corrected chi connectivity index (χ0v) is 14.7. The van der Waals surface area contributed by atoms with E-state index < -0.39 is 23.6 Å². The van der Waals surface area contributed by atoms with Crippen LogP contribution < -0.4 is 5.32 Å². The third kappa shape index (κ3) is 5.20. The van der Waals surface area contributed by atoms with Gasteiger partial charge in [0.15, 0.2) is 0 Å². The SMILES string of the molecule is CC(C)(C)OC(=O)N1CCC[C@@H](NC(=O)c2ccccc2C(=O)O)C1. The number of nitrogens with zero attached hydrogens (tertiary/aromatic N) is 1. The Morgan fingerprint density at radius 3 is 2.44 bits per heavy atom. The maximum Gasteiger partial charge on any atom is 0.410 e. The minimum atomic E-state index is -1.15. The summed E-state index contributed by atoms with van der Waals surface area (Å²) in [4.78, 5) is 37.4. The Balaban J connectivity index is 2.02. The maximum absolute atomic E-state index is 12.4.